The fourth-order valence-electron chi connectivity index (χ4n) is 2.44. The Balaban J connectivity index is 2.38. The number of benzene rings is 1. The first kappa shape index (κ1) is 18.5. The van der Waals surface area contributed by atoms with Crippen LogP contribution >= 0.6 is 0 Å². The highest BCUT2D eigenvalue weighted by atomic mass is 16.3. The number of amides is 2. The lowest BCUT2D eigenvalue weighted by Gasteiger charge is -2.21. The second-order valence-corrected chi connectivity index (χ2v) is 6.97. The van der Waals surface area contributed by atoms with Gasteiger partial charge in [-0.2, -0.15) is 0 Å². The minimum absolute atomic E-state index is 0.0208. The third kappa shape index (κ3) is 6.48. The van der Waals surface area contributed by atoms with Crippen LogP contribution in [0.15, 0.2) is 18.2 Å². The molecule has 4 nitrogen and oxygen atoms in total. The maximum Gasteiger partial charge on any atom is 0.315 e. The van der Waals surface area contributed by atoms with E-state index in [9.17, 15) is 9.90 Å². The first-order chi connectivity index (χ1) is 10.2. The van der Waals surface area contributed by atoms with Crippen molar-refractivity contribution in [2.75, 3.05) is 13.2 Å². The number of carbonyl (C=O) groups excluding carboxylic acids is 1. The van der Waals surface area contributed by atoms with Crippen LogP contribution in [0.3, 0.4) is 0 Å². The van der Waals surface area contributed by atoms with Crippen LogP contribution in [-0.4, -0.2) is 24.3 Å². The Morgan fingerprint density at radius 2 is 1.82 bits per heavy atom. The largest absolute Gasteiger partial charge is 0.396 e. The summed E-state index contributed by atoms with van der Waals surface area (Å²) in [6.45, 7) is 10.9. The highest BCUT2D eigenvalue weighted by Gasteiger charge is 2.16. The summed E-state index contributed by atoms with van der Waals surface area (Å²) < 4.78 is 0. The Hall–Kier alpha value is -1.55. The second-order valence-electron chi connectivity index (χ2n) is 6.97. The lowest BCUT2D eigenvalue weighted by molar-refractivity contribution is 0.148. The van der Waals surface area contributed by atoms with Crippen molar-refractivity contribution in [3.63, 3.8) is 0 Å². The smallest absolute Gasteiger partial charge is 0.315 e. The SMILES string of the molecule is Cc1cc(C)cc(C(C)NC(=O)NCCCC(C)(C)CO)c1. The van der Waals surface area contributed by atoms with Gasteiger partial charge < -0.3 is 15.7 Å². The molecule has 0 fully saturated rings. The molecular formula is C18H30N2O2. The molecule has 0 spiro atoms. The molecule has 0 saturated carbocycles. The first-order valence-electron chi connectivity index (χ1n) is 7.97. The van der Waals surface area contributed by atoms with E-state index < -0.39 is 0 Å². The van der Waals surface area contributed by atoms with Gasteiger partial charge in [0.1, 0.15) is 0 Å². The number of hydrogen-bond acceptors (Lipinski definition) is 2. The van der Waals surface area contributed by atoms with E-state index in [2.05, 4.69) is 42.7 Å². The Labute approximate surface area is 134 Å². The topological polar surface area (TPSA) is 61.4 Å². The predicted octanol–water partition coefficient (Wildman–Crippen LogP) is 3.46. The van der Waals surface area contributed by atoms with E-state index in [-0.39, 0.29) is 24.1 Å². The van der Waals surface area contributed by atoms with Crippen LogP contribution in [0.2, 0.25) is 0 Å². The molecule has 2 amide bonds. The van der Waals surface area contributed by atoms with Crippen LogP contribution in [0.1, 0.15) is 56.3 Å². The molecule has 4 heteroatoms. The Kier molecular flexibility index (Phi) is 6.88. The van der Waals surface area contributed by atoms with Crippen molar-refractivity contribution in [1.82, 2.24) is 10.6 Å². The third-order valence-corrected chi connectivity index (χ3v) is 3.84. The van der Waals surface area contributed by atoms with Crippen LogP contribution < -0.4 is 10.6 Å². The number of nitrogens with one attached hydrogen (secondary N) is 2. The van der Waals surface area contributed by atoms with Crippen LogP contribution in [0.25, 0.3) is 0 Å². The van der Waals surface area contributed by atoms with Gasteiger partial charge in [-0.25, -0.2) is 4.79 Å². The van der Waals surface area contributed by atoms with Gasteiger partial charge >= 0.3 is 6.03 Å². The highest BCUT2D eigenvalue weighted by Crippen LogP contribution is 2.20. The Morgan fingerprint density at radius 1 is 1.23 bits per heavy atom. The molecule has 1 unspecified atom stereocenters. The van der Waals surface area contributed by atoms with Crippen molar-refractivity contribution in [2.24, 2.45) is 5.41 Å². The maximum atomic E-state index is 11.9. The normalized spacial score (nSPS) is 12.8. The number of rotatable bonds is 7. The summed E-state index contributed by atoms with van der Waals surface area (Å²) in [5.41, 5.74) is 3.45. The van der Waals surface area contributed by atoms with Gasteiger partial charge in [0.25, 0.3) is 0 Å². The quantitative estimate of drug-likeness (QED) is 0.676. The average molecular weight is 306 g/mol. The number of aliphatic hydroxyl groups is 1. The lowest BCUT2D eigenvalue weighted by atomic mass is 9.89. The first-order valence-corrected chi connectivity index (χ1v) is 7.97. The summed E-state index contributed by atoms with van der Waals surface area (Å²) in [5.74, 6) is 0. The summed E-state index contributed by atoms with van der Waals surface area (Å²) in [5, 5.41) is 15.0. The summed E-state index contributed by atoms with van der Waals surface area (Å²) >= 11 is 0. The van der Waals surface area contributed by atoms with Gasteiger partial charge in [0.15, 0.2) is 0 Å². The van der Waals surface area contributed by atoms with E-state index in [4.69, 9.17) is 0 Å². The molecule has 22 heavy (non-hydrogen) atoms. The van der Waals surface area contributed by atoms with E-state index in [0.717, 1.165) is 18.4 Å². The zero-order chi connectivity index (χ0) is 16.8. The predicted molar refractivity (Wildman–Crippen MR) is 91.0 cm³/mol. The molecular weight excluding hydrogens is 276 g/mol. The number of aryl methyl sites for hydroxylation is 2. The van der Waals surface area contributed by atoms with Crippen molar-refractivity contribution < 1.29 is 9.90 Å². The molecule has 0 radical (unpaired) electrons. The van der Waals surface area contributed by atoms with E-state index in [1.54, 1.807) is 0 Å². The third-order valence-electron chi connectivity index (χ3n) is 3.84. The van der Waals surface area contributed by atoms with Crippen molar-refractivity contribution in [3.05, 3.63) is 34.9 Å². The monoisotopic (exact) mass is 306 g/mol. The molecule has 3 N–H and O–H groups in total. The molecule has 1 atom stereocenters. The van der Waals surface area contributed by atoms with Gasteiger partial charge in [-0.1, -0.05) is 43.2 Å². The lowest BCUT2D eigenvalue weighted by Crippen LogP contribution is -2.37. The zero-order valence-corrected chi connectivity index (χ0v) is 14.5. The van der Waals surface area contributed by atoms with Gasteiger partial charge in [-0.15, -0.1) is 0 Å². The summed E-state index contributed by atoms with van der Waals surface area (Å²) in [6, 6.07) is 6.16. The fraction of sp³-hybridized carbons (Fsp3) is 0.611. The van der Waals surface area contributed by atoms with Crippen LogP contribution in [0.4, 0.5) is 4.79 Å². The van der Waals surface area contributed by atoms with Gasteiger partial charge in [0, 0.05) is 13.2 Å². The Morgan fingerprint density at radius 3 is 2.36 bits per heavy atom. The Bertz CT molecular complexity index is 478. The molecule has 1 rings (SSSR count). The van der Waals surface area contributed by atoms with Crippen molar-refractivity contribution in [3.8, 4) is 0 Å². The minimum Gasteiger partial charge on any atom is -0.396 e. The van der Waals surface area contributed by atoms with Gasteiger partial charge in [-0.05, 0) is 44.6 Å². The minimum atomic E-state index is -0.145. The molecule has 124 valence electrons. The number of urea groups is 1. The molecule has 0 saturated heterocycles. The molecule has 0 aliphatic carbocycles. The number of carbonyl (C=O) groups is 1. The van der Waals surface area contributed by atoms with E-state index in [1.165, 1.54) is 11.1 Å². The van der Waals surface area contributed by atoms with E-state index >= 15 is 0 Å². The second kappa shape index (κ2) is 8.18. The van der Waals surface area contributed by atoms with Crippen LogP contribution in [0, 0.1) is 19.3 Å². The summed E-state index contributed by atoms with van der Waals surface area (Å²) in [7, 11) is 0. The zero-order valence-electron chi connectivity index (χ0n) is 14.5. The number of aliphatic hydroxyl groups excluding tert-OH is 1. The molecule has 1 aromatic rings. The van der Waals surface area contributed by atoms with E-state index in [1.807, 2.05) is 20.8 Å². The molecule has 0 aliphatic rings. The summed E-state index contributed by atoms with van der Waals surface area (Å²) in [4.78, 5) is 11.9. The fourth-order valence-corrected chi connectivity index (χ4v) is 2.44. The maximum absolute atomic E-state index is 11.9. The van der Waals surface area contributed by atoms with E-state index in [0.29, 0.717) is 6.54 Å². The van der Waals surface area contributed by atoms with Crippen LogP contribution in [-0.2, 0) is 0 Å². The van der Waals surface area contributed by atoms with Crippen molar-refractivity contribution >= 4 is 6.03 Å². The molecule has 0 aliphatic heterocycles. The van der Waals surface area contributed by atoms with Crippen molar-refractivity contribution in [2.45, 2.75) is 53.5 Å². The number of hydrogen-bond donors (Lipinski definition) is 3. The molecule has 1 aromatic carbocycles. The summed E-state index contributed by atoms with van der Waals surface area (Å²) in [6.07, 6.45) is 1.75. The van der Waals surface area contributed by atoms with Gasteiger partial charge in [0.2, 0.25) is 0 Å². The molecule has 0 aromatic heterocycles. The van der Waals surface area contributed by atoms with Crippen molar-refractivity contribution in [1.29, 1.82) is 0 Å². The van der Waals surface area contributed by atoms with Gasteiger partial charge in [0.05, 0.1) is 6.04 Å². The molecule has 0 bridgehead atoms. The highest BCUT2D eigenvalue weighted by molar-refractivity contribution is 5.74. The van der Waals surface area contributed by atoms with Crippen LogP contribution in [0.5, 0.6) is 0 Å². The average Bonchev–Trinajstić information content (AvgIpc) is 2.42. The molecule has 0 heterocycles. The standard InChI is InChI=1S/C18H30N2O2/c1-13-9-14(2)11-16(10-13)15(3)20-17(22)19-8-6-7-18(4,5)12-21/h9-11,15,21H,6-8,12H2,1-5H3,(H2,19,20,22). The van der Waals surface area contributed by atoms with Gasteiger partial charge in [-0.3, -0.25) is 0 Å².